The standard InChI is InChI=1S/C17H19Cl2N3O2S/c1-12-8-14(20-24-12)10-21-4-6-22(7-5-21)17(23)11-25-16-9-13(18)2-3-15(16)19/h2-3,8-9H,4-7,10-11H2,1H3. The fraction of sp³-hybridized carbons (Fsp3) is 0.412. The third-order valence-electron chi connectivity index (χ3n) is 4.03. The molecule has 5 nitrogen and oxygen atoms in total. The summed E-state index contributed by atoms with van der Waals surface area (Å²) in [5, 5.41) is 5.26. The first kappa shape index (κ1) is 18.6. The molecule has 2 heterocycles. The van der Waals surface area contributed by atoms with E-state index < -0.39 is 0 Å². The number of benzene rings is 1. The zero-order valence-corrected chi connectivity index (χ0v) is 16.2. The molecule has 2 aromatic rings. The quantitative estimate of drug-likeness (QED) is 0.716. The van der Waals surface area contributed by atoms with Crippen LogP contribution in [0.1, 0.15) is 11.5 Å². The second-order valence-electron chi connectivity index (χ2n) is 5.95. The summed E-state index contributed by atoms with van der Waals surface area (Å²) in [6.45, 7) is 5.75. The van der Waals surface area contributed by atoms with E-state index in [1.807, 2.05) is 17.9 Å². The molecule has 0 saturated carbocycles. The Balaban J connectivity index is 1.46. The van der Waals surface area contributed by atoms with Gasteiger partial charge in [-0.2, -0.15) is 0 Å². The van der Waals surface area contributed by atoms with Gasteiger partial charge in [-0.3, -0.25) is 9.69 Å². The van der Waals surface area contributed by atoms with Gasteiger partial charge < -0.3 is 9.42 Å². The van der Waals surface area contributed by atoms with Crippen LogP contribution in [-0.4, -0.2) is 52.8 Å². The van der Waals surface area contributed by atoms with E-state index in [0.29, 0.717) is 15.8 Å². The number of hydrogen-bond acceptors (Lipinski definition) is 5. The van der Waals surface area contributed by atoms with Crippen molar-refractivity contribution < 1.29 is 9.32 Å². The van der Waals surface area contributed by atoms with Crippen LogP contribution in [0.2, 0.25) is 10.0 Å². The maximum atomic E-state index is 12.4. The van der Waals surface area contributed by atoms with Crippen molar-refractivity contribution in [1.29, 1.82) is 0 Å². The van der Waals surface area contributed by atoms with Crippen LogP contribution in [0, 0.1) is 6.92 Å². The van der Waals surface area contributed by atoms with Crippen LogP contribution < -0.4 is 0 Å². The number of amides is 1. The minimum Gasteiger partial charge on any atom is -0.361 e. The average Bonchev–Trinajstić information content (AvgIpc) is 3.01. The fourth-order valence-electron chi connectivity index (χ4n) is 2.70. The minimum absolute atomic E-state index is 0.123. The minimum atomic E-state index is 0.123. The molecule has 25 heavy (non-hydrogen) atoms. The van der Waals surface area contributed by atoms with Crippen molar-refractivity contribution in [1.82, 2.24) is 15.0 Å². The number of nitrogens with zero attached hydrogens (tertiary/aromatic N) is 3. The lowest BCUT2D eigenvalue weighted by Gasteiger charge is -2.34. The van der Waals surface area contributed by atoms with Crippen molar-refractivity contribution >= 4 is 40.9 Å². The molecule has 0 N–H and O–H groups in total. The molecule has 1 amide bonds. The number of hydrogen-bond donors (Lipinski definition) is 0. The Morgan fingerprint density at radius 1 is 1.24 bits per heavy atom. The monoisotopic (exact) mass is 399 g/mol. The zero-order chi connectivity index (χ0) is 17.8. The summed E-state index contributed by atoms with van der Waals surface area (Å²) in [4.78, 5) is 17.4. The zero-order valence-electron chi connectivity index (χ0n) is 13.9. The molecule has 1 fully saturated rings. The second-order valence-corrected chi connectivity index (χ2v) is 7.81. The van der Waals surface area contributed by atoms with E-state index in [0.717, 1.165) is 49.1 Å². The molecule has 1 aliphatic rings. The average molecular weight is 400 g/mol. The Kier molecular flexibility index (Phi) is 6.28. The highest BCUT2D eigenvalue weighted by molar-refractivity contribution is 8.00. The predicted molar refractivity (Wildman–Crippen MR) is 100 cm³/mol. The van der Waals surface area contributed by atoms with Crippen LogP contribution in [0.5, 0.6) is 0 Å². The van der Waals surface area contributed by atoms with Crippen LogP contribution in [0.4, 0.5) is 0 Å². The number of piperazine rings is 1. The van der Waals surface area contributed by atoms with Crippen LogP contribution in [0.3, 0.4) is 0 Å². The third-order valence-corrected chi connectivity index (χ3v) is 5.75. The van der Waals surface area contributed by atoms with Gasteiger partial charge in [-0.25, -0.2) is 0 Å². The lowest BCUT2D eigenvalue weighted by molar-refractivity contribution is -0.130. The van der Waals surface area contributed by atoms with Crippen LogP contribution in [0.15, 0.2) is 33.7 Å². The SMILES string of the molecule is Cc1cc(CN2CCN(C(=O)CSc3cc(Cl)ccc3Cl)CC2)no1. The maximum Gasteiger partial charge on any atom is 0.233 e. The van der Waals surface area contributed by atoms with Gasteiger partial charge in [0, 0.05) is 48.7 Å². The largest absolute Gasteiger partial charge is 0.361 e. The normalized spacial score (nSPS) is 15.6. The highest BCUT2D eigenvalue weighted by Gasteiger charge is 2.22. The summed E-state index contributed by atoms with van der Waals surface area (Å²) in [5.41, 5.74) is 0.934. The number of thioether (sulfide) groups is 1. The Morgan fingerprint density at radius 2 is 2.00 bits per heavy atom. The summed E-state index contributed by atoms with van der Waals surface area (Å²) in [6, 6.07) is 7.23. The van der Waals surface area contributed by atoms with Crippen molar-refractivity contribution in [3.8, 4) is 0 Å². The second kappa shape index (κ2) is 8.45. The first-order valence-corrected chi connectivity index (χ1v) is 9.75. The molecular formula is C17H19Cl2N3O2S. The molecule has 8 heteroatoms. The molecule has 0 aliphatic carbocycles. The number of halogens is 2. The molecular weight excluding hydrogens is 381 g/mol. The van der Waals surface area contributed by atoms with Crippen LogP contribution in [-0.2, 0) is 11.3 Å². The summed E-state index contributed by atoms with van der Waals surface area (Å²) >= 11 is 13.5. The van der Waals surface area contributed by atoms with Gasteiger partial charge in [0.2, 0.25) is 5.91 Å². The molecule has 1 aliphatic heterocycles. The number of rotatable bonds is 5. The summed E-state index contributed by atoms with van der Waals surface area (Å²) in [6.07, 6.45) is 0. The van der Waals surface area contributed by atoms with Gasteiger partial charge in [-0.15, -0.1) is 11.8 Å². The first-order valence-electron chi connectivity index (χ1n) is 8.01. The number of carbonyl (C=O) groups is 1. The molecule has 134 valence electrons. The Hall–Kier alpha value is -1.21. The topological polar surface area (TPSA) is 49.6 Å². The molecule has 0 radical (unpaired) electrons. The molecule has 0 bridgehead atoms. The van der Waals surface area contributed by atoms with Crippen molar-refractivity contribution in [2.24, 2.45) is 0 Å². The van der Waals surface area contributed by atoms with Gasteiger partial charge in [0.05, 0.1) is 16.5 Å². The molecule has 0 unspecified atom stereocenters. The van der Waals surface area contributed by atoms with E-state index in [1.165, 1.54) is 11.8 Å². The highest BCUT2D eigenvalue weighted by atomic mass is 35.5. The van der Waals surface area contributed by atoms with E-state index in [1.54, 1.807) is 18.2 Å². The third kappa shape index (κ3) is 5.14. The van der Waals surface area contributed by atoms with E-state index in [9.17, 15) is 4.79 Å². The first-order chi connectivity index (χ1) is 12.0. The molecule has 0 atom stereocenters. The van der Waals surface area contributed by atoms with Gasteiger partial charge in [-0.05, 0) is 25.1 Å². The summed E-state index contributed by atoms with van der Waals surface area (Å²) < 4.78 is 5.09. The van der Waals surface area contributed by atoms with E-state index in [-0.39, 0.29) is 5.91 Å². The van der Waals surface area contributed by atoms with Crippen molar-refractivity contribution in [3.05, 3.63) is 45.8 Å². The van der Waals surface area contributed by atoms with Gasteiger partial charge in [-0.1, -0.05) is 28.4 Å². The molecule has 3 rings (SSSR count). The van der Waals surface area contributed by atoms with Crippen LogP contribution >= 0.6 is 35.0 Å². The Morgan fingerprint density at radius 3 is 2.68 bits per heavy atom. The lowest BCUT2D eigenvalue weighted by Crippen LogP contribution is -2.48. The van der Waals surface area contributed by atoms with E-state index in [2.05, 4.69) is 10.1 Å². The van der Waals surface area contributed by atoms with Gasteiger partial charge >= 0.3 is 0 Å². The number of aromatic nitrogens is 1. The van der Waals surface area contributed by atoms with Crippen LogP contribution in [0.25, 0.3) is 0 Å². The lowest BCUT2D eigenvalue weighted by atomic mass is 10.3. The van der Waals surface area contributed by atoms with E-state index in [4.69, 9.17) is 27.7 Å². The highest BCUT2D eigenvalue weighted by Crippen LogP contribution is 2.30. The van der Waals surface area contributed by atoms with Crippen molar-refractivity contribution in [3.63, 3.8) is 0 Å². The maximum absolute atomic E-state index is 12.4. The van der Waals surface area contributed by atoms with E-state index >= 15 is 0 Å². The fourth-order valence-corrected chi connectivity index (χ4v) is 4.09. The Labute approximate surface area is 161 Å². The molecule has 1 aromatic heterocycles. The molecule has 1 aromatic carbocycles. The smallest absolute Gasteiger partial charge is 0.233 e. The van der Waals surface area contributed by atoms with Gasteiger partial charge in [0.15, 0.2) is 0 Å². The predicted octanol–water partition coefficient (Wildman–Crippen LogP) is 3.73. The Bertz CT molecular complexity index is 745. The molecule has 0 spiro atoms. The summed E-state index contributed by atoms with van der Waals surface area (Å²) in [7, 11) is 0. The van der Waals surface area contributed by atoms with Gasteiger partial charge in [0.25, 0.3) is 0 Å². The van der Waals surface area contributed by atoms with Crippen molar-refractivity contribution in [2.75, 3.05) is 31.9 Å². The molecule has 1 saturated heterocycles. The number of carbonyl (C=O) groups excluding carboxylic acids is 1. The summed E-state index contributed by atoms with van der Waals surface area (Å²) in [5.74, 6) is 1.31. The van der Waals surface area contributed by atoms with Crippen molar-refractivity contribution in [2.45, 2.75) is 18.4 Å². The van der Waals surface area contributed by atoms with Gasteiger partial charge in [0.1, 0.15) is 5.76 Å². The number of aryl methyl sites for hydroxylation is 1.